The lowest BCUT2D eigenvalue weighted by atomic mass is 10.0. The number of anilines is 1. The lowest BCUT2D eigenvalue weighted by Gasteiger charge is -2.15. The third-order valence-electron chi connectivity index (χ3n) is 3.94. The van der Waals surface area contributed by atoms with Gasteiger partial charge in [0.1, 0.15) is 6.07 Å². The summed E-state index contributed by atoms with van der Waals surface area (Å²) in [6, 6.07) is 9.47. The summed E-state index contributed by atoms with van der Waals surface area (Å²) in [5.74, 6) is 0.683. The van der Waals surface area contributed by atoms with Crippen molar-refractivity contribution in [2.45, 2.75) is 46.0 Å². The first-order chi connectivity index (χ1) is 11.7. The van der Waals surface area contributed by atoms with E-state index >= 15 is 0 Å². The standard InChI is InChI=1S/C19H29N3OS/c1-3-5-9-16(4-2)15-23-13-8-12-21-19(24)22-18-11-7-6-10-17(18)14-20/h6-7,10-11,16H,3-5,8-9,12-13,15H2,1-2H3,(H2,21,22,24). The average Bonchev–Trinajstić information content (AvgIpc) is 2.61. The highest BCUT2D eigenvalue weighted by molar-refractivity contribution is 7.80. The molecule has 1 aromatic carbocycles. The molecule has 1 rings (SSSR count). The predicted molar refractivity (Wildman–Crippen MR) is 104 cm³/mol. The molecule has 0 aromatic heterocycles. The molecule has 132 valence electrons. The molecule has 0 fully saturated rings. The Balaban J connectivity index is 2.14. The van der Waals surface area contributed by atoms with Crippen LogP contribution in [0.2, 0.25) is 0 Å². The molecule has 0 aliphatic carbocycles. The van der Waals surface area contributed by atoms with Crippen LogP contribution in [-0.2, 0) is 4.74 Å². The second-order valence-corrected chi connectivity index (χ2v) is 6.29. The highest BCUT2D eigenvalue weighted by atomic mass is 32.1. The van der Waals surface area contributed by atoms with Crippen LogP contribution in [-0.4, -0.2) is 24.9 Å². The van der Waals surface area contributed by atoms with Gasteiger partial charge >= 0.3 is 0 Å². The summed E-state index contributed by atoms with van der Waals surface area (Å²) in [4.78, 5) is 0. The van der Waals surface area contributed by atoms with Crippen LogP contribution in [0.5, 0.6) is 0 Å². The van der Waals surface area contributed by atoms with E-state index in [9.17, 15) is 0 Å². The third-order valence-corrected chi connectivity index (χ3v) is 4.19. The van der Waals surface area contributed by atoms with Crippen LogP contribution in [0.1, 0.15) is 51.5 Å². The van der Waals surface area contributed by atoms with E-state index in [1.165, 1.54) is 25.7 Å². The molecule has 0 saturated heterocycles. The Hall–Kier alpha value is -1.64. The molecule has 0 spiro atoms. The van der Waals surface area contributed by atoms with Crippen LogP contribution in [0.25, 0.3) is 0 Å². The molecule has 0 heterocycles. The van der Waals surface area contributed by atoms with E-state index in [0.717, 1.165) is 31.9 Å². The van der Waals surface area contributed by atoms with Gasteiger partial charge in [0.25, 0.3) is 0 Å². The minimum Gasteiger partial charge on any atom is -0.381 e. The van der Waals surface area contributed by atoms with Crippen molar-refractivity contribution < 1.29 is 4.74 Å². The van der Waals surface area contributed by atoms with Gasteiger partial charge < -0.3 is 15.4 Å². The Labute approximate surface area is 151 Å². The highest BCUT2D eigenvalue weighted by Gasteiger charge is 2.06. The maximum absolute atomic E-state index is 9.05. The zero-order valence-corrected chi connectivity index (χ0v) is 15.6. The fourth-order valence-corrected chi connectivity index (χ4v) is 2.59. The van der Waals surface area contributed by atoms with E-state index in [0.29, 0.717) is 16.6 Å². The molecule has 0 aliphatic heterocycles. The number of nitrogens with zero attached hydrogens (tertiary/aromatic N) is 1. The molecule has 0 radical (unpaired) electrons. The van der Waals surface area contributed by atoms with Crippen LogP contribution in [0.15, 0.2) is 24.3 Å². The van der Waals surface area contributed by atoms with Crippen molar-refractivity contribution in [2.75, 3.05) is 25.1 Å². The van der Waals surface area contributed by atoms with E-state index < -0.39 is 0 Å². The van der Waals surface area contributed by atoms with Gasteiger partial charge in [-0.2, -0.15) is 5.26 Å². The number of hydrogen-bond acceptors (Lipinski definition) is 3. The molecule has 1 atom stereocenters. The maximum Gasteiger partial charge on any atom is 0.170 e. The summed E-state index contributed by atoms with van der Waals surface area (Å²) < 4.78 is 5.77. The van der Waals surface area contributed by atoms with Crippen LogP contribution in [0, 0.1) is 17.2 Å². The number of nitrogens with one attached hydrogen (secondary N) is 2. The van der Waals surface area contributed by atoms with Crippen molar-refractivity contribution >= 4 is 23.0 Å². The summed E-state index contributed by atoms with van der Waals surface area (Å²) in [7, 11) is 0. The van der Waals surface area contributed by atoms with Crippen LogP contribution >= 0.6 is 12.2 Å². The van der Waals surface area contributed by atoms with Crippen molar-refractivity contribution in [1.29, 1.82) is 5.26 Å². The molecule has 2 N–H and O–H groups in total. The van der Waals surface area contributed by atoms with Gasteiger partial charge in [-0.1, -0.05) is 45.2 Å². The van der Waals surface area contributed by atoms with Crippen molar-refractivity contribution in [3.05, 3.63) is 29.8 Å². The number of thiocarbonyl (C=S) groups is 1. The normalized spacial score (nSPS) is 11.5. The van der Waals surface area contributed by atoms with E-state index in [2.05, 4.69) is 30.6 Å². The van der Waals surface area contributed by atoms with Crippen molar-refractivity contribution in [1.82, 2.24) is 5.32 Å². The number of para-hydroxylation sites is 1. The van der Waals surface area contributed by atoms with E-state index in [1.807, 2.05) is 18.2 Å². The second-order valence-electron chi connectivity index (χ2n) is 5.88. The van der Waals surface area contributed by atoms with Crippen molar-refractivity contribution in [3.63, 3.8) is 0 Å². The summed E-state index contributed by atoms with van der Waals surface area (Å²) in [5, 5.41) is 15.8. The highest BCUT2D eigenvalue weighted by Crippen LogP contribution is 2.13. The van der Waals surface area contributed by atoms with E-state index in [-0.39, 0.29) is 0 Å². The average molecular weight is 348 g/mol. The smallest absolute Gasteiger partial charge is 0.170 e. The number of rotatable bonds is 11. The summed E-state index contributed by atoms with van der Waals surface area (Å²) in [5.41, 5.74) is 1.32. The molecule has 5 heteroatoms. The summed E-state index contributed by atoms with van der Waals surface area (Å²) in [6.45, 7) is 6.81. The van der Waals surface area contributed by atoms with Gasteiger partial charge in [-0.25, -0.2) is 0 Å². The number of ether oxygens (including phenoxy) is 1. The van der Waals surface area contributed by atoms with Gasteiger partial charge in [0.15, 0.2) is 5.11 Å². The van der Waals surface area contributed by atoms with E-state index in [4.69, 9.17) is 22.2 Å². The zero-order chi connectivity index (χ0) is 17.6. The largest absolute Gasteiger partial charge is 0.381 e. The Morgan fingerprint density at radius 1 is 1.29 bits per heavy atom. The number of hydrogen-bond donors (Lipinski definition) is 2. The zero-order valence-electron chi connectivity index (χ0n) is 14.8. The Morgan fingerprint density at radius 2 is 2.08 bits per heavy atom. The predicted octanol–water partition coefficient (Wildman–Crippen LogP) is 4.47. The SMILES string of the molecule is CCCCC(CC)COCCCNC(=S)Nc1ccccc1C#N. The third kappa shape index (κ3) is 8.28. The van der Waals surface area contributed by atoms with E-state index in [1.54, 1.807) is 6.07 Å². The molecular weight excluding hydrogens is 318 g/mol. The number of nitriles is 1. The second kappa shape index (κ2) is 12.7. The maximum atomic E-state index is 9.05. The monoisotopic (exact) mass is 347 g/mol. The van der Waals surface area contributed by atoms with Gasteiger partial charge in [-0.3, -0.25) is 0 Å². The number of benzene rings is 1. The van der Waals surface area contributed by atoms with Gasteiger partial charge in [0.05, 0.1) is 11.3 Å². The van der Waals surface area contributed by atoms with Crippen LogP contribution in [0.3, 0.4) is 0 Å². The molecule has 1 aromatic rings. The first-order valence-corrected chi connectivity index (χ1v) is 9.23. The van der Waals surface area contributed by atoms with Gasteiger partial charge in [-0.15, -0.1) is 0 Å². The molecule has 1 unspecified atom stereocenters. The van der Waals surface area contributed by atoms with Gasteiger partial charge in [-0.05, 0) is 43.1 Å². The molecule has 24 heavy (non-hydrogen) atoms. The Kier molecular flexibility index (Phi) is 10.8. The first kappa shape index (κ1) is 20.4. The van der Waals surface area contributed by atoms with Crippen molar-refractivity contribution in [3.8, 4) is 6.07 Å². The van der Waals surface area contributed by atoms with Crippen LogP contribution in [0.4, 0.5) is 5.69 Å². The van der Waals surface area contributed by atoms with Crippen molar-refractivity contribution in [2.24, 2.45) is 5.92 Å². The molecule has 0 saturated carbocycles. The van der Waals surface area contributed by atoms with Gasteiger partial charge in [0, 0.05) is 19.8 Å². The topological polar surface area (TPSA) is 57.1 Å². The van der Waals surface area contributed by atoms with Crippen LogP contribution < -0.4 is 10.6 Å². The fraction of sp³-hybridized carbons (Fsp3) is 0.579. The molecule has 0 amide bonds. The molecule has 0 bridgehead atoms. The molecular formula is C19H29N3OS. The minimum atomic E-state index is 0.534. The first-order valence-electron chi connectivity index (χ1n) is 8.82. The minimum absolute atomic E-state index is 0.534. The lowest BCUT2D eigenvalue weighted by Crippen LogP contribution is -2.30. The Morgan fingerprint density at radius 3 is 2.79 bits per heavy atom. The summed E-state index contributed by atoms with van der Waals surface area (Å²) >= 11 is 5.26. The quantitative estimate of drug-likeness (QED) is 0.457. The lowest BCUT2D eigenvalue weighted by molar-refractivity contribution is 0.0928. The summed E-state index contributed by atoms with van der Waals surface area (Å²) in [6.07, 6.45) is 5.89. The number of unbranched alkanes of at least 4 members (excludes halogenated alkanes) is 1. The fourth-order valence-electron chi connectivity index (χ4n) is 2.38. The molecule has 4 nitrogen and oxygen atoms in total. The Bertz CT molecular complexity index is 528. The van der Waals surface area contributed by atoms with Gasteiger partial charge in [0.2, 0.25) is 0 Å². The molecule has 0 aliphatic rings.